The van der Waals surface area contributed by atoms with Crippen LogP contribution in [0.2, 0.25) is 0 Å². The van der Waals surface area contributed by atoms with Crippen molar-refractivity contribution >= 4 is 51.0 Å². The number of hydrogen-bond acceptors (Lipinski definition) is 17. The largest absolute Gasteiger partial charge is 0.505 e. The summed E-state index contributed by atoms with van der Waals surface area (Å²) >= 11 is 0. The van der Waals surface area contributed by atoms with Crippen LogP contribution in [-0.4, -0.2) is 122 Å². The fourth-order valence-electron chi connectivity index (χ4n) is 9.54. The number of benzene rings is 6. The first kappa shape index (κ1) is 58.9. The van der Waals surface area contributed by atoms with Gasteiger partial charge in [-0.25, -0.2) is 0 Å². The number of carbonyl (C=O) groups is 3. The number of aromatic hydroxyl groups is 3. The number of phenols is 3. The van der Waals surface area contributed by atoms with Gasteiger partial charge in [-0.15, -0.1) is 45.0 Å². The lowest BCUT2D eigenvalue weighted by Crippen LogP contribution is -2.32. The summed E-state index contributed by atoms with van der Waals surface area (Å²) in [4.78, 5) is 44.5. The minimum atomic E-state index is -1.27. The first-order valence-corrected chi connectivity index (χ1v) is 27.7. The highest BCUT2D eigenvalue weighted by atomic mass is 16.6. The van der Waals surface area contributed by atoms with Gasteiger partial charge in [0.1, 0.15) is 86.7 Å². The predicted octanol–water partition coefficient (Wildman–Crippen LogP) is 9.47. The zero-order valence-electron chi connectivity index (χ0n) is 48.3. The molecule has 434 valence electrons. The van der Waals surface area contributed by atoms with E-state index >= 15 is 0 Å². The second-order valence-electron chi connectivity index (χ2n) is 23.9. The molecule has 9 rings (SSSR count). The van der Waals surface area contributed by atoms with Crippen LogP contribution >= 0.6 is 0 Å². The zero-order chi connectivity index (χ0) is 59.4. The Hall–Kier alpha value is -8.75. The Balaban J connectivity index is 0.846. The van der Waals surface area contributed by atoms with Gasteiger partial charge in [-0.3, -0.25) is 14.4 Å². The fraction of sp³-hybridized carbons (Fsp3) is 0.381. The van der Waals surface area contributed by atoms with E-state index in [2.05, 4.69) is 30.6 Å². The van der Waals surface area contributed by atoms with Crippen LogP contribution in [0.1, 0.15) is 115 Å². The third-order valence-electron chi connectivity index (χ3n) is 14.0. The molecule has 20 heteroatoms. The third-order valence-corrected chi connectivity index (χ3v) is 14.0. The molecular formula is C63H71N9O11. The maximum Gasteiger partial charge on any atom is 0.306 e. The minimum Gasteiger partial charge on any atom is -0.505 e. The van der Waals surface area contributed by atoms with Gasteiger partial charge in [0.25, 0.3) is 0 Å². The molecule has 0 spiro atoms. The van der Waals surface area contributed by atoms with Crippen LogP contribution < -0.4 is 0 Å². The Labute approximate surface area is 480 Å². The zero-order valence-corrected chi connectivity index (χ0v) is 48.3. The molecule has 83 heavy (non-hydrogen) atoms. The summed E-state index contributed by atoms with van der Waals surface area (Å²) in [5.74, 6) is -1.73. The highest BCUT2D eigenvalue weighted by Gasteiger charge is 2.28. The van der Waals surface area contributed by atoms with Crippen molar-refractivity contribution in [1.29, 1.82) is 0 Å². The van der Waals surface area contributed by atoms with Crippen molar-refractivity contribution in [2.75, 3.05) is 26.4 Å². The van der Waals surface area contributed by atoms with Crippen molar-refractivity contribution in [2.45, 2.75) is 129 Å². The molecule has 0 aliphatic rings. The van der Waals surface area contributed by atoms with E-state index in [1.807, 2.05) is 153 Å². The van der Waals surface area contributed by atoms with Crippen molar-refractivity contribution < 1.29 is 53.8 Å². The number of aliphatic hydroxyl groups excluding tert-OH is 1. The molecule has 2 atom stereocenters. The summed E-state index contributed by atoms with van der Waals surface area (Å²) in [5.41, 5.74) is 7.68. The maximum atomic E-state index is 13.7. The number of aryl methyl sites for hydroxylation is 3. The molecule has 0 saturated carbocycles. The summed E-state index contributed by atoms with van der Waals surface area (Å²) in [6.07, 6.45) is -1.91. The lowest BCUT2D eigenvalue weighted by Gasteiger charge is -2.23. The van der Waals surface area contributed by atoms with Crippen LogP contribution in [0.5, 0.6) is 17.2 Å². The monoisotopic (exact) mass is 1130 g/mol. The van der Waals surface area contributed by atoms with E-state index in [0.717, 1.165) is 11.1 Å². The Kier molecular flexibility index (Phi) is 17.3. The number of aromatic nitrogens is 9. The molecular weight excluding hydrogens is 1060 g/mol. The lowest BCUT2D eigenvalue weighted by atomic mass is 9.84. The van der Waals surface area contributed by atoms with E-state index in [1.54, 1.807) is 18.2 Å². The van der Waals surface area contributed by atoms with E-state index in [9.17, 15) is 34.8 Å². The Morgan fingerprint density at radius 2 is 0.735 bits per heavy atom. The van der Waals surface area contributed by atoms with Gasteiger partial charge in [-0.2, -0.15) is 0 Å². The molecule has 0 fully saturated rings. The second-order valence-corrected chi connectivity index (χ2v) is 23.9. The standard InChI is InChI=1S/C63H71N9O11/c1-61(2,3)43-28-38(31-52(58(43)77)70-64-46-16-10-11-17-47(46)65-70)22-25-55(74)81-35-41(73)34-80-36-42(83-57(76)27-24-40-30-45(63(7,8)9)60(79)54(33-40)72-68-50-20-14-15-21-51(50)69-72)37-82-56(75)26-23-39-29-44(62(4,5)6)59(78)53(32-39)71-66-48-18-12-13-19-49(48)67-71/h10-21,28-33,41-42,73,77-79H,22-27,34-37H2,1-9H3. The topological polar surface area (TPSA) is 261 Å². The normalized spacial score (nSPS) is 12.9. The summed E-state index contributed by atoms with van der Waals surface area (Å²) in [6.45, 7) is 16.3. The van der Waals surface area contributed by atoms with E-state index < -0.39 is 53.0 Å². The minimum absolute atomic E-state index is 0.0143. The van der Waals surface area contributed by atoms with Gasteiger partial charge < -0.3 is 39.4 Å². The molecule has 3 aromatic heterocycles. The van der Waals surface area contributed by atoms with Gasteiger partial charge in [0.2, 0.25) is 0 Å². The van der Waals surface area contributed by atoms with E-state index in [-0.39, 0.29) is 75.6 Å². The second kappa shape index (κ2) is 24.4. The molecule has 9 aromatic rings. The number of hydrogen-bond donors (Lipinski definition) is 4. The van der Waals surface area contributed by atoms with Crippen LogP contribution in [0.3, 0.4) is 0 Å². The highest BCUT2D eigenvalue weighted by molar-refractivity contribution is 5.76. The van der Waals surface area contributed by atoms with Gasteiger partial charge in [-0.1, -0.05) is 117 Å². The molecule has 3 heterocycles. The number of ether oxygens (including phenoxy) is 4. The fourth-order valence-corrected chi connectivity index (χ4v) is 9.54. The molecule has 0 amide bonds. The van der Waals surface area contributed by atoms with Gasteiger partial charge in [-0.05, 0) is 107 Å². The van der Waals surface area contributed by atoms with E-state index in [0.29, 0.717) is 72.4 Å². The molecule has 6 aromatic carbocycles. The summed E-state index contributed by atoms with van der Waals surface area (Å²) in [6, 6.07) is 32.8. The summed E-state index contributed by atoms with van der Waals surface area (Å²) in [7, 11) is 0. The average Bonchev–Trinajstić information content (AvgIpc) is 4.40. The van der Waals surface area contributed by atoms with Gasteiger partial charge in [0, 0.05) is 36.0 Å². The van der Waals surface area contributed by atoms with Crippen LogP contribution in [0.25, 0.3) is 50.2 Å². The lowest BCUT2D eigenvalue weighted by molar-refractivity contribution is -0.164. The number of aliphatic hydroxyl groups is 1. The Morgan fingerprint density at radius 1 is 0.434 bits per heavy atom. The molecule has 4 N–H and O–H groups in total. The smallest absolute Gasteiger partial charge is 0.306 e. The van der Waals surface area contributed by atoms with Gasteiger partial charge in [0.05, 0.1) is 13.2 Å². The number of esters is 3. The molecule has 0 aliphatic heterocycles. The molecule has 0 saturated heterocycles. The quantitative estimate of drug-likeness (QED) is 0.0385. The van der Waals surface area contributed by atoms with Crippen molar-refractivity contribution in [3.05, 3.63) is 143 Å². The Bertz CT molecular complexity index is 3730. The van der Waals surface area contributed by atoms with E-state index in [1.165, 1.54) is 14.4 Å². The molecule has 2 unspecified atom stereocenters. The van der Waals surface area contributed by atoms with Crippen molar-refractivity contribution in [1.82, 2.24) is 45.0 Å². The third kappa shape index (κ3) is 14.3. The number of nitrogens with zero attached hydrogens (tertiary/aromatic N) is 9. The Morgan fingerprint density at radius 3 is 1.05 bits per heavy atom. The SMILES string of the molecule is CC(C)(C)c1cc(CCC(=O)OCC(O)COCC(COC(=O)CCc2cc(-n3nc4ccccc4n3)c(O)c(C(C)(C)C)c2)OC(=O)CCc2cc(-n3nc4ccccc4n3)c(O)c(C(C)(C)C)c2)cc(-n2nc3ccccc3n2)c1O. The van der Waals surface area contributed by atoms with Gasteiger partial charge >= 0.3 is 17.9 Å². The first-order valence-electron chi connectivity index (χ1n) is 27.7. The van der Waals surface area contributed by atoms with Crippen molar-refractivity contribution in [3.8, 4) is 34.3 Å². The van der Waals surface area contributed by atoms with Gasteiger partial charge in [0.15, 0.2) is 6.10 Å². The molecule has 0 bridgehead atoms. The van der Waals surface area contributed by atoms with Crippen LogP contribution in [0.15, 0.2) is 109 Å². The number of fused-ring (bicyclic) bond motifs is 3. The van der Waals surface area contributed by atoms with Crippen molar-refractivity contribution in [3.63, 3.8) is 0 Å². The summed E-state index contributed by atoms with van der Waals surface area (Å²) in [5, 5.41) is 72.7. The first-order chi connectivity index (χ1) is 39.4. The molecule has 0 aliphatic carbocycles. The molecule has 0 radical (unpaired) electrons. The maximum absolute atomic E-state index is 13.7. The number of phenolic OH excluding ortho intramolecular Hbond substituents is 3. The van der Waals surface area contributed by atoms with E-state index in [4.69, 9.17) is 18.9 Å². The van der Waals surface area contributed by atoms with Crippen LogP contribution in [-0.2, 0) is 68.8 Å². The van der Waals surface area contributed by atoms with Crippen LogP contribution in [0.4, 0.5) is 0 Å². The predicted molar refractivity (Wildman–Crippen MR) is 311 cm³/mol. The van der Waals surface area contributed by atoms with Crippen molar-refractivity contribution in [2.24, 2.45) is 0 Å². The average molecular weight is 1130 g/mol. The molecule has 20 nitrogen and oxygen atoms in total. The number of rotatable bonds is 21. The van der Waals surface area contributed by atoms with Crippen LogP contribution in [0, 0.1) is 0 Å². The summed E-state index contributed by atoms with van der Waals surface area (Å²) < 4.78 is 22.9. The highest BCUT2D eigenvalue weighted by Crippen LogP contribution is 2.39. The number of carbonyl (C=O) groups excluding carboxylic acids is 3.